The van der Waals surface area contributed by atoms with Gasteiger partial charge in [0, 0.05) is 26.1 Å². The second-order valence-electron chi connectivity index (χ2n) is 5.65. The van der Waals surface area contributed by atoms with Gasteiger partial charge in [0.05, 0.1) is 17.2 Å². The molecule has 1 aliphatic rings. The van der Waals surface area contributed by atoms with Crippen LogP contribution in [0.25, 0.3) is 0 Å². The third-order valence-corrected chi connectivity index (χ3v) is 3.81. The molecule has 0 unspecified atom stereocenters. The van der Waals surface area contributed by atoms with Crippen molar-refractivity contribution in [2.24, 2.45) is 5.92 Å². The number of amides is 3. The molecule has 0 spiro atoms. The molecule has 6 nitrogen and oxygen atoms in total. The van der Waals surface area contributed by atoms with Gasteiger partial charge in [-0.2, -0.15) is 0 Å². The highest BCUT2D eigenvalue weighted by Crippen LogP contribution is 2.23. The van der Waals surface area contributed by atoms with Crippen LogP contribution in [-0.4, -0.2) is 42.3 Å². The van der Waals surface area contributed by atoms with Gasteiger partial charge in [0.2, 0.25) is 11.8 Å². The van der Waals surface area contributed by atoms with Gasteiger partial charge in [-0.3, -0.25) is 14.4 Å². The summed E-state index contributed by atoms with van der Waals surface area (Å²) >= 11 is 0. The molecule has 0 aromatic heterocycles. The molecule has 22 heavy (non-hydrogen) atoms. The van der Waals surface area contributed by atoms with Crippen LogP contribution in [-0.2, 0) is 9.59 Å². The minimum Gasteiger partial charge on any atom is -0.355 e. The molecule has 0 radical (unpaired) electrons. The van der Waals surface area contributed by atoms with E-state index in [0.29, 0.717) is 17.8 Å². The summed E-state index contributed by atoms with van der Waals surface area (Å²) in [4.78, 5) is 37.8. The van der Waals surface area contributed by atoms with Gasteiger partial charge < -0.3 is 15.5 Å². The van der Waals surface area contributed by atoms with Crippen LogP contribution in [0.4, 0.5) is 5.69 Å². The molecule has 1 aromatic carbocycles. The molecule has 1 aromatic rings. The van der Waals surface area contributed by atoms with Crippen molar-refractivity contribution in [3.8, 4) is 0 Å². The predicted molar refractivity (Wildman–Crippen MR) is 83.4 cm³/mol. The van der Waals surface area contributed by atoms with E-state index in [0.717, 1.165) is 0 Å². The predicted octanol–water partition coefficient (Wildman–Crippen LogP) is 1.24. The van der Waals surface area contributed by atoms with Crippen molar-refractivity contribution in [1.82, 2.24) is 10.2 Å². The van der Waals surface area contributed by atoms with E-state index in [9.17, 15) is 14.4 Å². The van der Waals surface area contributed by atoms with Gasteiger partial charge in [-0.1, -0.05) is 12.1 Å². The van der Waals surface area contributed by atoms with Gasteiger partial charge in [-0.05, 0) is 26.0 Å². The number of rotatable bonds is 4. The van der Waals surface area contributed by atoms with Crippen LogP contribution in [0.3, 0.4) is 0 Å². The maximum atomic E-state index is 12.4. The first-order chi connectivity index (χ1) is 10.4. The number of likely N-dealkylation sites (tertiary alicyclic amines) is 1. The number of hydrogen-bond acceptors (Lipinski definition) is 3. The molecule has 3 amide bonds. The maximum absolute atomic E-state index is 12.4. The third-order valence-electron chi connectivity index (χ3n) is 3.81. The average Bonchev–Trinajstić information content (AvgIpc) is 2.89. The Labute approximate surface area is 129 Å². The summed E-state index contributed by atoms with van der Waals surface area (Å²) in [5, 5.41) is 5.31. The second-order valence-corrected chi connectivity index (χ2v) is 5.65. The number of carbonyl (C=O) groups excluding carboxylic acids is 3. The SMILES string of the molecule is CNC(=O)c1ccccc1NC(=O)[C@H]1CC(=O)N(C(C)C)C1. The van der Waals surface area contributed by atoms with E-state index in [1.54, 1.807) is 29.2 Å². The van der Waals surface area contributed by atoms with Gasteiger partial charge in [-0.25, -0.2) is 0 Å². The summed E-state index contributed by atoms with van der Waals surface area (Å²) in [5.41, 5.74) is 0.866. The maximum Gasteiger partial charge on any atom is 0.253 e. The lowest BCUT2D eigenvalue weighted by Gasteiger charge is -2.20. The average molecular weight is 303 g/mol. The summed E-state index contributed by atoms with van der Waals surface area (Å²) in [7, 11) is 1.54. The van der Waals surface area contributed by atoms with E-state index >= 15 is 0 Å². The number of benzene rings is 1. The van der Waals surface area contributed by atoms with Crippen molar-refractivity contribution in [1.29, 1.82) is 0 Å². The van der Waals surface area contributed by atoms with E-state index in [1.165, 1.54) is 7.05 Å². The monoisotopic (exact) mass is 303 g/mol. The number of anilines is 1. The first-order valence-electron chi connectivity index (χ1n) is 7.35. The van der Waals surface area contributed by atoms with Crippen molar-refractivity contribution in [3.63, 3.8) is 0 Å². The molecule has 0 aliphatic carbocycles. The van der Waals surface area contributed by atoms with E-state index < -0.39 is 0 Å². The summed E-state index contributed by atoms with van der Waals surface area (Å²) in [6, 6.07) is 6.90. The van der Waals surface area contributed by atoms with Gasteiger partial charge in [0.25, 0.3) is 5.91 Å². The standard InChI is InChI=1S/C16H21N3O3/c1-10(2)19-9-11(8-14(19)20)15(21)18-13-7-5-4-6-12(13)16(22)17-3/h4-7,10-11H,8-9H2,1-3H3,(H,17,22)(H,18,21)/t11-/m0/s1. The van der Waals surface area contributed by atoms with Gasteiger partial charge in [0.15, 0.2) is 0 Å². The molecule has 1 fully saturated rings. The number of nitrogens with zero attached hydrogens (tertiary/aromatic N) is 1. The minimum absolute atomic E-state index is 0.00487. The zero-order chi connectivity index (χ0) is 16.3. The topological polar surface area (TPSA) is 78.5 Å². The Morgan fingerprint density at radius 2 is 1.95 bits per heavy atom. The third kappa shape index (κ3) is 3.27. The van der Waals surface area contributed by atoms with Crippen LogP contribution in [0, 0.1) is 5.92 Å². The zero-order valence-corrected chi connectivity index (χ0v) is 13.1. The molecule has 6 heteroatoms. The Kier molecular flexibility index (Phi) is 4.80. The number of hydrogen-bond donors (Lipinski definition) is 2. The Morgan fingerprint density at radius 1 is 1.27 bits per heavy atom. The van der Waals surface area contributed by atoms with Crippen molar-refractivity contribution >= 4 is 23.4 Å². The molecule has 1 atom stereocenters. The summed E-state index contributed by atoms with van der Waals surface area (Å²) in [6.45, 7) is 4.28. The van der Waals surface area contributed by atoms with Gasteiger partial charge in [-0.15, -0.1) is 0 Å². The Bertz CT molecular complexity index is 598. The molecular weight excluding hydrogens is 282 g/mol. The first kappa shape index (κ1) is 16.0. The molecule has 0 bridgehead atoms. The van der Waals surface area contributed by atoms with Crippen LogP contribution in [0.15, 0.2) is 24.3 Å². The fourth-order valence-electron chi connectivity index (χ4n) is 2.57. The molecular formula is C16H21N3O3. The fourth-order valence-corrected chi connectivity index (χ4v) is 2.57. The van der Waals surface area contributed by atoms with Crippen LogP contribution in [0.2, 0.25) is 0 Å². The number of para-hydroxylation sites is 1. The Morgan fingerprint density at radius 3 is 2.55 bits per heavy atom. The highest BCUT2D eigenvalue weighted by Gasteiger charge is 2.35. The van der Waals surface area contributed by atoms with E-state index in [-0.39, 0.29) is 36.1 Å². The van der Waals surface area contributed by atoms with E-state index in [1.807, 2.05) is 13.8 Å². The Balaban J connectivity index is 2.11. The highest BCUT2D eigenvalue weighted by molar-refractivity contribution is 6.05. The first-order valence-corrected chi connectivity index (χ1v) is 7.35. The lowest BCUT2D eigenvalue weighted by Crippen LogP contribution is -2.33. The fraction of sp³-hybridized carbons (Fsp3) is 0.438. The van der Waals surface area contributed by atoms with Crippen molar-refractivity contribution in [3.05, 3.63) is 29.8 Å². The molecule has 1 saturated heterocycles. The summed E-state index contributed by atoms with van der Waals surface area (Å²) in [5.74, 6) is -0.877. The normalized spacial score (nSPS) is 17.7. The van der Waals surface area contributed by atoms with Gasteiger partial charge >= 0.3 is 0 Å². The van der Waals surface area contributed by atoms with E-state index in [4.69, 9.17) is 0 Å². The molecule has 2 N–H and O–H groups in total. The molecule has 118 valence electrons. The molecule has 1 aliphatic heterocycles. The minimum atomic E-state index is -0.382. The lowest BCUT2D eigenvalue weighted by atomic mass is 10.1. The number of carbonyl (C=O) groups is 3. The lowest BCUT2D eigenvalue weighted by molar-refractivity contribution is -0.129. The largest absolute Gasteiger partial charge is 0.355 e. The van der Waals surface area contributed by atoms with Crippen molar-refractivity contribution < 1.29 is 14.4 Å². The van der Waals surface area contributed by atoms with Gasteiger partial charge in [0.1, 0.15) is 0 Å². The van der Waals surface area contributed by atoms with Crippen molar-refractivity contribution in [2.75, 3.05) is 18.9 Å². The quantitative estimate of drug-likeness (QED) is 0.878. The summed E-state index contributed by atoms with van der Waals surface area (Å²) in [6.07, 6.45) is 0.214. The zero-order valence-electron chi connectivity index (χ0n) is 13.1. The molecule has 0 saturated carbocycles. The van der Waals surface area contributed by atoms with E-state index in [2.05, 4.69) is 10.6 Å². The Hall–Kier alpha value is -2.37. The summed E-state index contributed by atoms with van der Waals surface area (Å²) < 4.78 is 0. The smallest absolute Gasteiger partial charge is 0.253 e. The highest BCUT2D eigenvalue weighted by atomic mass is 16.2. The van der Waals surface area contributed by atoms with Crippen LogP contribution in [0.5, 0.6) is 0 Å². The number of nitrogens with one attached hydrogen (secondary N) is 2. The molecule has 1 heterocycles. The van der Waals surface area contributed by atoms with Crippen LogP contribution in [0.1, 0.15) is 30.6 Å². The van der Waals surface area contributed by atoms with Crippen molar-refractivity contribution in [2.45, 2.75) is 26.3 Å². The van der Waals surface area contributed by atoms with Crippen LogP contribution >= 0.6 is 0 Å². The van der Waals surface area contributed by atoms with Crippen LogP contribution < -0.4 is 10.6 Å². The second kappa shape index (κ2) is 6.60. The molecule has 2 rings (SSSR count).